The van der Waals surface area contributed by atoms with Crippen molar-refractivity contribution in [3.8, 4) is 11.5 Å². The number of hydrogen-bond donors (Lipinski definition) is 3. The molecule has 8 heteroatoms. The van der Waals surface area contributed by atoms with E-state index in [4.69, 9.17) is 20.9 Å². The second kappa shape index (κ2) is 9.77. The third kappa shape index (κ3) is 4.99. The number of nitrogens with two attached hydrogens (primary N) is 2. The van der Waals surface area contributed by atoms with Crippen LogP contribution in [0.4, 0.5) is 5.82 Å². The minimum atomic E-state index is -1.09. The van der Waals surface area contributed by atoms with E-state index in [0.29, 0.717) is 18.4 Å². The molecule has 2 aromatic carbocycles. The van der Waals surface area contributed by atoms with E-state index in [1.807, 2.05) is 72.8 Å². The molecule has 1 aromatic heterocycles. The molecule has 0 bridgehead atoms. The molecule has 2 aliphatic rings. The zero-order valence-corrected chi connectivity index (χ0v) is 19.7. The Morgan fingerprint density at radius 3 is 2.66 bits per heavy atom. The number of methoxy groups -OCH3 is 1. The van der Waals surface area contributed by atoms with Crippen LogP contribution in [0.15, 0.2) is 84.0 Å². The molecule has 3 aromatic rings. The summed E-state index contributed by atoms with van der Waals surface area (Å²) in [6.45, 7) is 1.66. The van der Waals surface area contributed by atoms with Gasteiger partial charge in [0.25, 0.3) is 0 Å². The molecule has 0 saturated carbocycles. The van der Waals surface area contributed by atoms with Crippen LogP contribution in [0.1, 0.15) is 24.0 Å². The first kappa shape index (κ1) is 22.9. The SMILES string of the molecule is COCC1CCCN1c1cc(Oc2ccc(C3(N)C=C(c4ccccc4)NC(N)=N3)cc2)ccn1. The van der Waals surface area contributed by atoms with Crippen LogP contribution in [0.5, 0.6) is 11.5 Å². The van der Waals surface area contributed by atoms with Crippen LogP contribution >= 0.6 is 0 Å². The third-order valence-electron chi connectivity index (χ3n) is 6.32. The maximum Gasteiger partial charge on any atom is 0.195 e. The number of guanidine groups is 1. The number of hydrogen-bond acceptors (Lipinski definition) is 8. The molecule has 180 valence electrons. The summed E-state index contributed by atoms with van der Waals surface area (Å²) < 4.78 is 11.5. The monoisotopic (exact) mass is 470 g/mol. The zero-order valence-electron chi connectivity index (χ0n) is 19.7. The Kier molecular flexibility index (Phi) is 6.39. The lowest BCUT2D eigenvalue weighted by atomic mass is 9.96. The van der Waals surface area contributed by atoms with Gasteiger partial charge in [-0.2, -0.15) is 0 Å². The molecule has 8 nitrogen and oxygen atoms in total. The Hall–Kier alpha value is -3.88. The lowest BCUT2D eigenvalue weighted by molar-refractivity contribution is 0.180. The number of aliphatic imine (C=N–C) groups is 1. The predicted molar refractivity (Wildman–Crippen MR) is 138 cm³/mol. The van der Waals surface area contributed by atoms with Crippen molar-refractivity contribution < 1.29 is 9.47 Å². The largest absolute Gasteiger partial charge is 0.457 e. The Morgan fingerprint density at radius 2 is 1.89 bits per heavy atom. The Morgan fingerprint density at radius 1 is 1.09 bits per heavy atom. The van der Waals surface area contributed by atoms with Gasteiger partial charge >= 0.3 is 0 Å². The predicted octanol–water partition coefficient (Wildman–Crippen LogP) is 3.56. The molecule has 1 saturated heterocycles. The van der Waals surface area contributed by atoms with E-state index in [1.54, 1.807) is 13.3 Å². The van der Waals surface area contributed by atoms with Crippen molar-refractivity contribution in [3.05, 3.63) is 90.1 Å². The highest BCUT2D eigenvalue weighted by atomic mass is 16.5. The van der Waals surface area contributed by atoms with Gasteiger partial charge in [-0.25, -0.2) is 9.98 Å². The van der Waals surface area contributed by atoms with Crippen molar-refractivity contribution in [3.63, 3.8) is 0 Å². The molecule has 0 amide bonds. The van der Waals surface area contributed by atoms with E-state index in [9.17, 15) is 0 Å². The molecule has 5 rings (SSSR count). The number of pyridine rings is 1. The molecule has 0 radical (unpaired) electrons. The van der Waals surface area contributed by atoms with Crippen LogP contribution in [0.3, 0.4) is 0 Å². The third-order valence-corrected chi connectivity index (χ3v) is 6.32. The van der Waals surface area contributed by atoms with Crippen LogP contribution in [0, 0.1) is 0 Å². The van der Waals surface area contributed by atoms with Gasteiger partial charge in [0.05, 0.1) is 12.6 Å². The number of rotatable bonds is 7. The Bertz CT molecular complexity index is 1230. The fourth-order valence-electron chi connectivity index (χ4n) is 4.62. The zero-order chi connectivity index (χ0) is 24.3. The maximum atomic E-state index is 6.68. The van der Waals surface area contributed by atoms with E-state index < -0.39 is 5.66 Å². The van der Waals surface area contributed by atoms with Crippen LogP contribution < -0.4 is 26.4 Å². The quantitative estimate of drug-likeness (QED) is 0.484. The van der Waals surface area contributed by atoms with E-state index in [0.717, 1.165) is 47.8 Å². The average molecular weight is 471 g/mol. The highest BCUT2D eigenvalue weighted by Crippen LogP contribution is 2.32. The molecule has 35 heavy (non-hydrogen) atoms. The van der Waals surface area contributed by atoms with Crippen molar-refractivity contribution in [2.75, 3.05) is 25.2 Å². The number of nitrogens with one attached hydrogen (secondary N) is 1. The summed E-state index contributed by atoms with van der Waals surface area (Å²) in [6, 6.07) is 21.7. The van der Waals surface area contributed by atoms with Crippen molar-refractivity contribution >= 4 is 17.5 Å². The topological polar surface area (TPSA) is 111 Å². The number of benzene rings is 2. The number of aromatic nitrogens is 1. The van der Waals surface area contributed by atoms with Gasteiger partial charge in [-0.3, -0.25) is 5.73 Å². The first-order valence-electron chi connectivity index (χ1n) is 11.7. The van der Waals surface area contributed by atoms with E-state index in [-0.39, 0.29) is 5.96 Å². The highest BCUT2D eigenvalue weighted by Gasteiger charge is 2.29. The van der Waals surface area contributed by atoms with Gasteiger partial charge in [0.15, 0.2) is 11.6 Å². The molecular weight excluding hydrogens is 440 g/mol. The van der Waals surface area contributed by atoms with Crippen LogP contribution in [-0.2, 0) is 10.4 Å². The van der Waals surface area contributed by atoms with Gasteiger partial charge in [-0.15, -0.1) is 0 Å². The van der Waals surface area contributed by atoms with Gasteiger partial charge in [0, 0.05) is 31.6 Å². The first-order valence-corrected chi connectivity index (χ1v) is 11.7. The summed E-state index contributed by atoms with van der Waals surface area (Å²) >= 11 is 0. The van der Waals surface area contributed by atoms with E-state index >= 15 is 0 Å². The van der Waals surface area contributed by atoms with Gasteiger partial charge in [0.1, 0.15) is 17.3 Å². The van der Waals surface area contributed by atoms with Gasteiger partial charge in [-0.05, 0) is 48.2 Å². The Balaban J connectivity index is 1.34. The summed E-state index contributed by atoms with van der Waals surface area (Å²) in [5.41, 5.74) is 14.3. The second-order valence-corrected chi connectivity index (χ2v) is 8.79. The Labute approximate surface area is 205 Å². The fourth-order valence-corrected chi connectivity index (χ4v) is 4.62. The first-order chi connectivity index (χ1) is 17.0. The van der Waals surface area contributed by atoms with Crippen LogP contribution in [0.2, 0.25) is 0 Å². The minimum Gasteiger partial charge on any atom is -0.457 e. The fraction of sp³-hybridized carbons (Fsp3) is 0.259. The van der Waals surface area contributed by atoms with Crippen molar-refractivity contribution in [2.24, 2.45) is 16.5 Å². The summed E-state index contributed by atoms with van der Waals surface area (Å²) in [4.78, 5) is 11.3. The average Bonchev–Trinajstić information content (AvgIpc) is 3.33. The lowest BCUT2D eigenvalue weighted by Gasteiger charge is -2.29. The van der Waals surface area contributed by atoms with Gasteiger partial charge in [-0.1, -0.05) is 42.5 Å². The molecule has 0 aliphatic carbocycles. The van der Waals surface area contributed by atoms with E-state index in [2.05, 4.69) is 20.2 Å². The molecule has 5 N–H and O–H groups in total. The highest BCUT2D eigenvalue weighted by molar-refractivity contribution is 5.90. The molecular formula is C27H30N6O2. The normalized spacial score (nSPS) is 21.8. The van der Waals surface area contributed by atoms with E-state index in [1.165, 1.54) is 0 Å². The summed E-state index contributed by atoms with van der Waals surface area (Å²) in [5.74, 6) is 2.59. The number of ether oxygens (including phenoxy) is 2. The molecule has 2 unspecified atom stereocenters. The summed E-state index contributed by atoms with van der Waals surface area (Å²) in [7, 11) is 1.74. The van der Waals surface area contributed by atoms with Crippen molar-refractivity contribution in [2.45, 2.75) is 24.5 Å². The maximum absolute atomic E-state index is 6.68. The smallest absolute Gasteiger partial charge is 0.195 e. The molecule has 2 aliphatic heterocycles. The standard InChI is InChI=1S/C27H30N6O2/c1-34-18-21-8-5-15-33(21)25-16-23(13-14-30-25)35-22-11-9-20(10-12-22)27(29)17-24(31-26(28)32-27)19-6-3-2-4-7-19/h2-4,6-7,9-14,16-17,21H,5,8,15,18,29H2,1H3,(H3,28,31,32). The van der Waals surface area contributed by atoms with Gasteiger partial charge in [0.2, 0.25) is 0 Å². The summed E-state index contributed by atoms with van der Waals surface area (Å²) in [6.07, 6.45) is 5.90. The lowest BCUT2D eigenvalue weighted by Crippen LogP contribution is -2.44. The van der Waals surface area contributed by atoms with Crippen LogP contribution in [-0.4, -0.2) is 37.2 Å². The summed E-state index contributed by atoms with van der Waals surface area (Å²) in [5, 5.41) is 3.11. The molecule has 3 heterocycles. The number of anilines is 1. The molecule has 2 atom stereocenters. The second-order valence-electron chi connectivity index (χ2n) is 8.79. The molecule has 0 spiro atoms. The van der Waals surface area contributed by atoms with Crippen LogP contribution in [0.25, 0.3) is 5.70 Å². The molecule has 1 fully saturated rings. The van der Waals surface area contributed by atoms with Crippen molar-refractivity contribution in [1.29, 1.82) is 0 Å². The minimum absolute atomic E-state index is 0.271. The van der Waals surface area contributed by atoms with Gasteiger partial charge < -0.3 is 25.4 Å². The number of nitrogens with zero attached hydrogens (tertiary/aromatic N) is 3. The van der Waals surface area contributed by atoms with Crippen molar-refractivity contribution in [1.82, 2.24) is 10.3 Å².